The van der Waals surface area contributed by atoms with Crippen LogP contribution in [0.25, 0.3) is 0 Å². The molecule has 0 aliphatic heterocycles. The summed E-state index contributed by atoms with van der Waals surface area (Å²) in [5.41, 5.74) is 34.5. The van der Waals surface area contributed by atoms with Gasteiger partial charge in [-0.1, -0.05) is 0 Å². The number of hydrazine groups is 1. The first-order valence-electron chi connectivity index (χ1n) is 11.5. The van der Waals surface area contributed by atoms with Gasteiger partial charge in [0.05, 0.1) is 46.7 Å². The zero-order valence-electron chi connectivity index (χ0n) is 21.9. The van der Waals surface area contributed by atoms with Crippen molar-refractivity contribution < 1.29 is 0 Å². The van der Waals surface area contributed by atoms with Gasteiger partial charge in [-0.25, -0.2) is 15.8 Å². The first-order chi connectivity index (χ1) is 20.4. The van der Waals surface area contributed by atoms with Crippen LogP contribution in [0.4, 0.5) is 35.7 Å². The number of nitriles is 5. The molecule has 0 radical (unpaired) electrons. The van der Waals surface area contributed by atoms with Crippen molar-refractivity contribution in [1.82, 2.24) is 40.8 Å². The van der Waals surface area contributed by atoms with Crippen LogP contribution in [0.1, 0.15) is 0 Å². The van der Waals surface area contributed by atoms with Gasteiger partial charge in [-0.15, -0.1) is 9.80 Å². The molecule has 12 N–H and O–H groups in total. The molecule has 2 aromatic rings. The Hall–Kier alpha value is -6.01. The van der Waals surface area contributed by atoms with Crippen LogP contribution in [0.2, 0.25) is 0 Å². The lowest BCUT2D eigenvalue weighted by molar-refractivity contribution is 0.521. The topological polar surface area (TPSA) is 370 Å². The Balaban J connectivity index is 2.27. The number of hydrogen-bond acceptors (Lipinski definition) is 24. The average molecular weight is 579 g/mol. The van der Waals surface area contributed by atoms with E-state index >= 15 is 0 Å². The Morgan fingerprint density at radius 2 is 0.786 bits per heavy atom. The fraction of sp³-hybridized carbons (Fsp3) is 0.389. The second kappa shape index (κ2) is 16.2. The number of nitrogens with one attached hydrogen (secondary N) is 2. The third kappa shape index (κ3) is 7.77. The summed E-state index contributed by atoms with van der Waals surface area (Å²) < 4.78 is 0. The monoisotopic (exact) mass is 578 g/mol. The van der Waals surface area contributed by atoms with Crippen LogP contribution in [0, 0.1) is 57.3 Å². The third-order valence-corrected chi connectivity index (χ3v) is 4.94. The summed E-state index contributed by atoms with van der Waals surface area (Å²) in [6.07, 6.45) is 7.87. The summed E-state index contributed by atoms with van der Waals surface area (Å²) >= 11 is 0. The predicted molar refractivity (Wildman–Crippen MR) is 144 cm³/mol. The van der Waals surface area contributed by atoms with Crippen molar-refractivity contribution in [2.45, 2.75) is 0 Å². The first kappa shape index (κ1) is 32.2. The lowest BCUT2D eigenvalue weighted by Crippen LogP contribution is -2.48. The fourth-order valence-electron chi connectivity index (χ4n) is 2.78. The van der Waals surface area contributed by atoms with Crippen LogP contribution in [0.15, 0.2) is 0 Å². The molecule has 0 spiro atoms. The standard InChI is InChI=1S/C18H26N24/c19-1-37(2-20)13-31-14(38(3-21)4-22)34-17(33-13)41(9-27)11-29-30-12-42(10-28)18-35-15(39(5-23)6-24)32-16(36-18)40(7-25)8-26/h29-30H,1-4,9,11-12,19-22,27H2. The Labute approximate surface area is 238 Å². The van der Waals surface area contributed by atoms with Crippen molar-refractivity contribution in [3.63, 3.8) is 0 Å². The van der Waals surface area contributed by atoms with Crippen LogP contribution < -0.4 is 68.9 Å². The molecule has 42 heavy (non-hydrogen) atoms. The maximum Gasteiger partial charge on any atom is 0.259 e. The molecule has 0 aromatic carbocycles. The highest BCUT2D eigenvalue weighted by Crippen LogP contribution is 2.19. The minimum Gasteiger partial charge on any atom is -0.316 e. The van der Waals surface area contributed by atoms with Crippen LogP contribution in [-0.4, -0.2) is 76.6 Å². The van der Waals surface area contributed by atoms with E-state index in [0.717, 1.165) is 4.90 Å². The van der Waals surface area contributed by atoms with Crippen molar-refractivity contribution in [3.05, 3.63) is 0 Å². The van der Waals surface area contributed by atoms with E-state index < -0.39 is 11.9 Å². The molecule has 0 amide bonds. The van der Waals surface area contributed by atoms with Gasteiger partial charge in [-0.3, -0.25) is 0 Å². The van der Waals surface area contributed by atoms with E-state index in [4.69, 9.17) is 49.7 Å². The molecule has 0 saturated heterocycles. The molecule has 24 nitrogen and oxygen atoms in total. The number of hydrogen-bond donors (Lipinski definition) is 7. The molecular formula is C18H26N24. The van der Waals surface area contributed by atoms with Crippen LogP contribution >= 0.6 is 0 Å². The van der Waals surface area contributed by atoms with Gasteiger partial charge < -0.3 is 43.4 Å². The molecule has 218 valence electrons. The Morgan fingerprint density at radius 1 is 0.452 bits per heavy atom. The van der Waals surface area contributed by atoms with Gasteiger partial charge in [0, 0.05) is 0 Å². The smallest absolute Gasteiger partial charge is 0.259 e. The summed E-state index contributed by atoms with van der Waals surface area (Å²) in [5, 5.41) is 46.3. The number of rotatable bonds is 16. The highest BCUT2D eigenvalue weighted by Gasteiger charge is 2.21. The summed E-state index contributed by atoms with van der Waals surface area (Å²) in [5.74, 6) is -0.992. The second-order valence-corrected chi connectivity index (χ2v) is 7.27. The summed E-state index contributed by atoms with van der Waals surface area (Å²) in [6, 6.07) is 0. The van der Waals surface area contributed by atoms with E-state index in [0.29, 0.717) is 9.80 Å². The molecule has 2 rings (SSSR count). The molecule has 0 atom stereocenters. The summed E-state index contributed by atoms with van der Waals surface area (Å²) in [4.78, 5) is 30.7. The average Bonchev–Trinajstić information content (AvgIpc) is 3.01. The van der Waals surface area contributed by atoms with Crippen molar-refractivity contribution in [2.75, 3.05) is 76.1 Å². The molecule has 24 heteroatoms. The molecule has 2 aromatic heterocycles. The highest BCUT2D eigenvalue weighted by molar-refractivity contribution is 5.55. The normalized spacial score (nSPS) is 9.81. The molecule has 0 aliphatic carbocycles. The van der Waals surface area contributed by atoms with Crippen molar-refractivity contribution >= 4 is 35.7 Å². The zero-order chi connectivity index (χ0) is 31.1. The van der Waals surface area contributed by atoms with Gasteiger partial charge in [-0.2, -0.15) is 56.2 Å². The number of anilines is 6. The molecule has 0 unspecified atom stereocenters. The molecule has 0 aliphatic rings. The van der Waals surface area contributed by atoms with E-state index in [2.05, 4.69) is 40.8 Å². The Morgan fingerprint density at radius 3 is 1.14 bits per heavy atom. The third-order valence-electron chi connectivity index (χ3n) is 4.94. The number of aromatic nitrogens is 6. The van der Waals surface area contributed by atoms with Gasteiger partial charge in [0.25, 0.3) is 11.9 Å². The van der Waals surface area contributed by atoms with E-state index in [1.54, 1.807) is 6.19 Å². The number of nitrogens with zero attached hydrogens (tertiary/aromatic N) is 17. The van der Waals surface area contributed by atoms with Crippen molar-refractivity contribution in [2.24, 2.45) is 28.7 Å². The fourth-order valence-corrected chi connectivity index (χ4v) is 2.78. The van der Waals surface area contributed by atoms with E-state index in [1.807, 2.05) is 0 Å². The molecule has 0 bridgehead atoms. The van der Waals surface area contributed by atoms with E-state index in [9.17, 15) is 5.26 Å². The molecule has 0 saturated carbocycles. The van der Waals surface area contributed by atoms with E-state index in [1.165, 1.54) is 39.5 Å². The van der Waals surface area contributed by atoms with Crippen LogP contribution in [0.3, 0.4) is 0 Å². The van der Waals surface area contributed by atoms with Crippen LogP contribution in [-0.2, 0) is 0 Å². The maximum atomic E-state index is 9.67. The highest BCUT2D eigenvalue weighted by atomic mass is 15.5. The quantitative estimate of drug-likeness (QED) is 0.0321. The lowest BCUT2D eigenvalue weighted by Gasteiger charge is -2.26. The number of nitrogens with two attached hydrogens (primary N) is 5. The van der Waals surface area contributed by atoms with Gasteiger partial charge >= 0.3 is 0 Å². The maximum absolute atomic E-state index is 9.67. The predicted octanol–water partition coefficient (Wildman–Crippen LogP) is -5.41. The van der Waals surface area contributed by atoms with Crippen molar-refractivity contribution in [1.29, 1.82) is 26.3 Å². The minimum absolute atomic E-state index is 0.0125. The van der Waals surface area contributed by atoms with Crippen molar-refractivity contribution in [3.8, 4) is 31.0 Å². The Kier molecular flexibility index (Phi) is 12.4. The zero-order valence-corrected chi connectivity index (χ0v) is 21.9. The largest absolute Gasteiger partial charge is 0.316 e. The van der Waals surface area contributed by atoms with Gasteiger partial charge in [0.1, 0.15) is 0 Å². The Bertz CT molecular complexity index is 1280. The minimum atomic E-state index is -0.521. The molecular weight excluding hydrogens is 552 g/mol. The van der Waals surface area contributed by atoms with E-state index in [-0.39, 0.29) is 70.5 Å². The van der Waals surface area contributed by atoms with Gasteiger partial charge in [0.2, 0.25) is 48.6 Å². The lowest BCUT2D eigenvalue weighted by atomic mass is 10.6. The summed E-state index contributed by atoms with van der Waals surface area (Å²) in [6.45, 7) is -0.330. The first-order valence-corrected chi connectivity index (χ1v) is 11.5. The summed E-state index contributed by atoms with van der Waals surface area (Å²) in [7, 11) is 0. The van der Waals surface area contributed by atoms with Gasteiger partial charge in [0.15, 0.2) is 6.19 Å². The van der Waals surface area contributed by atoms with Gasteiger partial charge in [-0.05, 0) is 0 Å². The second-order valence-electron chi connectivity index (χ2n) is 7.27. The van der Waals surface area contributed by atoms with Crippen LogP contribution in [0.5, 0.6) is 0 Å². The molecule has 0 fully saturated rings. The SMILES string of the molecule is N#CN(C#N)c1nc(N(C#N)C#N)nc(N(C#N)CNNCN(CN)c2nc(N(CN)CN)nc(N(CN)CN)n2)n1. The molecule has 2 heterocycles.